The fourth-order valence-corrected chi connectivity index (χ4v) is 3.80. The van der Waals surface area contributed by atoms with Crippen LogP contribution in [0.4, 0.5) is 0 Å². The normalized spacial score (nSPS) is 18.8. The van der Waals surface area contributed by atoms with Crippen molar-refractivity contribution in [3.05, 3.63) is 23.8 Å². The van der Waals surface area contributed by atoms with Gasteiger partial charge in [-0.2, -0.15) is 0 Å². The van der Waals surface area contributed by atoms with E-state index in [0.717, 1.165) is 19.3 Å². The van der Waals surface area contributed by atoms with Crippen LogP contribution in [0.5, 0.6) is 11.5 Å². The summed E-state index contributed by atoms with van der Waals surface area (Å²) >= 11 is 0. The highest BCUT2D eigenvalue weighted by Crippen LogP contribution is 2.30. The number of hydrogen-bond acceptors (Lipinski definition) is 6. The molecule has 2 atom stereocenters. The van der Waals surface area contributed by atoms with Gasteiger partial charge in [0.1, 0.15) is 0 Å². The van der Waals surface area contributed by atoms with E-state index in [1.54, 1.807) is 32.4 Å². The fraction of sp³-hybridized carbons (Fsp3) is 0.636. The first kappa shape index (κ1) is 24.0. The number of nitrogens with zero attached hydrogens (tertiary/aromatic N) is 1. The molecule has 1 heterocycles. The van der Waals surface area contributed by atoms with Gasteiger partial charge in [-0.1, -0.05) is 0 Å². The van der Waals surface area contributed by atoms with Crippen LogP contribution in [0.1, 0.15) is 49.9 Å². The number of methoxy groups -OCH3 is 2. The van der Waals surface area contributed by atoms with Crippen LogP contribution < -0.4 is 14.8 Å². The predicted octanol–water partition coefficient (Wildman–Crippen LogP) is 2.56. The summed E-state index contributed by atoms with van der Waals surface area (Å²) in [5.41, 5.74) is 0.541. The minimum atomic E-state index is -0.806. The Hall–Kier alpha value is -2.32. The molecule has 2 rings (SSSR count). The van der Waals surface area contributed by atoms with Crippen LogP contribution >= 0.6 is 0 Å². The molecule has 8 heteroatoms. The van der Waals surface area contributed by atoms with Crippen molar-refractivity contribution in [1.29, 1.82) is 0 Å². The first-order valence-corrected chi connectivity index (χ1v) is 10.4. The van der Waals surface area contributed by atoms with Gasteiger partial charge in [0.15, 0.2) is 11.5 Å². The average Bonchev–Trinajstić information content (AvgIpc) is 2.71. The second-order valence-corrected chi connectivity index (χ2v) is 7.80. The first-order valence-electron chi connectivity index (χ1n) is 10.4. The molecule has 1 fully saturated rings. The SMILES string of the molecule is COCCCOc1cc(C(=O)N(C(C)C)C2CC[C@H](CC(=O)O)NC2)ccc1OC. The largest absolute Gasteiger partial charge is 0.493 e. The van der Waals surface area contributed by atoms with E-state index in [-0.39, 0.29) is 30.5 Å². The number of carboxylic acid groups (broad SMARTS) is 1. The molecule has 1 saturated heterocycles. The van der Waals surface area contributed by atoms with Gasteiger partial charge in [0, 0.05) is 50.4 Å². The Kier molecular flexibility index (Phi) is 9.39. The van der Waals surface area contributed by atoms with E-state index < -0.39 is 5.97 Å². The van der Waals surface area contributed by atoms with Crippen LogP contribution in [0, 0.1) is 0 Å². The lowest BCUT2D eigenvalue weighted by Gasteiger charge is -2.39. The summed E-state index contributed by atoms with van der Waals surface area (Å²) in [6.45, 7) is 5.63. The number of rotatable bonds is 11. The van der Waals surface area contributed by atoms with E-state index in [0.29, 0.717) is 36.8 Å². The third-order valence-electron chi connectivity index (χ3n) is 5.26. The summed E-state index contributed by atoms with van der Waals surface area (Å²) in [4.78, 5) is 26.2. The number of amides is 1. The lowest BCUT2D eigenvalue weighted by atomic mass is 9.96. The van der Waals surface area contributed by atoms with Gasteiger partial charge in [-0.15, -0.1) is 0 Å². The zero-order valence-electron chi connectivity index (χ0n) is 18.3. The molecular weight excluding hydrogens is 388 g/mol. The summed E-state index contributed by atoms with van der Waals surface area (Å²) < 4.78 is 16.2. The maximum absolute atomic E-state index is 13.4. The molecule has 1 aliphatic heterocycles. The van der Waals surface area contributed by atoms with Crippen molar-refractivity contribution in [1.82, 2.24) is 10.2 Å². The molecule has 2 N–H and O–H groups in total. The molecule has 1 aliphatic rings. The Labute approximate surface area is 178 Å². The Balaban J connectivity index is 2.12. The van der Waals surface area contributed by atoms with Gasteiger partial charge >= 0.3 is 5.97 Å². The Morgan fingerprint density at radius 2 is 1.97 bits per heavy atom. The van der Waals surface area contributed by atoms with Crippen molar-refractivity contribution >= 4 is 11.9 Å². The molecule has 0 radical (unpaired) electrons. The molecule has 1 aromatic carbocycles. The molecule has 8 nitrogen and oxygen atoms in total. The molecule has 1 aromatic rings. The topological polar surface area (TPSA) is 97.3 Å². The first-order chi connectivity index (χ1) is 14.4. The molecule has 0 spiro atoms. The lowest BCUT2D eigenvalue weighted by molar-refractivity contribution is -0.137. The molecule has 0 aromatic heterocycles. The molecule has 0 saturated carbocycles. The summed E-state index contributed by atoms with van der Waals surface area (Å²) in [6, 6.07) is 5.20. The summed E-state index contributed by atoms with van der Waals surface area (Å²) in [6.07, 6.45) is 2.33. The third kappa shape index (κ3) is 6.60. The van der Waals surface area contributed by atoms with E-state index >= 15 is 0 Å². The van der Waals surface area contributed by atoms with Crippen LogP contribution in [-0.2, 0) is 9.53 Å². The van der Waals surface area contributed by atoms with Crippen molar-refractivity contribution < 1.29 is 28.9 Å². The predicted molar refractivity (Wildman–Crippen MR) is 113 cm³/mol. The zero-order valence-corrected chi connectivity index (χ0v) is 18.3. The van der Waals surface area contributed by atoms with Crippen molar-refractivity contribution in [2.45, 2.75) is 57.7 Å². The number of hydrogen-bond donors (Lipinski definition) is 2. The van der Waals surface area contributed by atoms with Crippen molar-refractivity contribution in [2.24, 2.45) is 0 Å². The van der Waals surface area contributed by atoms with E-state index in [9.17, 15) is 9.59 Å². The van der Waals surface area contributed by atoms with E-state index in [2.05, 4.69) is 5.32 Å². The number of piperidine rings is 1. The molecule has 30 heavy (non-hydrogen) atoms. The summed E-state index contributed by atoms with van der Waals surface area (Å²) in [7, 11) is 3.21. The molecule has 0 aliphatic carbocycles. The van der Waals surface area contributed by atoms with Crippen LogP contribution in [0.3, 0.4) is 0 Å². The smallest absolute Gasteiger partial charge is 0.304 e. The van der Waals surface area contributed by atoms with Gasteiger partial charge < -0.3 is 29.5 Å². The van der Waals surface area contributed by atoms with Crippen molar-refractivity contribution in [3.63, 3.8) is 0 Å². The standard InChI is InChI=1S/C22H34N2O6/c1-15(2)24(18-8-7-17(23-14-18)13-21(25)26)22(27)16-6-9-19(29-4)20(12-16)30-11-5-10-28-3/h6,9,12,15,17-18,23H,5,7-8,10-11,13-14H2,1-4H3,(H,25,26)/t17-,18?/m1/s1. The van der Waals surface area contributed by atoms with Crippen LogP contribution in [0.25, 0.3) is 0 Å². The number of carbonyl (C=O) groups is 2. The number of carboxylic acids is 1. The minimum absolute atomic E-state index is 0.00787. The fourth-order valence-electron chi connectivity index (χ4n) is 3.80. The number of ether oxygens (including phenoxy) is 3. The molecular formula is C22H34N2O6. The molecule has 0 bridgehead atoms. The van der Waals surface area contributed by atoms with Gasteiger partial charge in [0.05, 0.1) is 20.1 Å². The number of aliphatic carboxylic acids is 1. The quantitative estimate of drug-likeness (QED) is 0.529. The highest BCUT2D eigenvalue weighted by molar-refractivity contribution is 5.95. The van der Waals surface area contributed by atoms with Crippen LogP contribution in [0.15, 0.2) is 18.2 Å². The number of nitrogens with one attached hydrogen (secondary N) is 1. The number of carbonyl (C=O) groups excluding carboxylic acids is 1. The van der Waals surface area contributed by atoms with Crippen LogP contribution in [0.2, 0.25) is 0 Å². The Morgan fingerprint density at radius 3 is 2.53 bits per heavy atom. The van der Waals surface area contributed by atoms with Gasteiger partial charge in [-0.3, -0.25) is 9.59 Å². The van der Waals surface area contributed by atoms with Gasteiger partial charge in [0.2, 0.25) is 0 Å². The highest BCUT2D eigenvalue weighted by atomic mass is 16.5. The van der Waals surface area contributed by atoms with E-state index in [1.165, 1.54) is 0 Å². The van der Waals surface area contributed by atoms with E-state index in [4.69, 9.17) is 19.3 Å². The lowest BCUT2D eigenvalue weighted by Crippen LogP contribution is -2.54. The van der Waals surface area contributed by atoms with Crippen molar-refractivity contribution in [2.75, 3.05) is 34.0 Å². The van der Waals surface area contributed by atoms with Crippen LogP contribution in [-0.4, -0.2) is 74.0 Å². The third-order valence-corrected chi connectivity index (χ3v) is 5.26. The van der Waals surface area contributed by atoms with Crippen molar-refractivity contribution in [3.8, 4) is 11.5 Å². The summed E-state index contributed by atoms with van der Waals surface area (Å²) in [5, 5.41) is 12.3. The van der Waals surface area contributed by atoms with Gasteiger partial charge in [-0.05, 0) is 44.9 Å². The monoisotopic (exact) mass is 422 g/mol. The van der Waals surface area contributed by atoms with Gasteiger partial charge in [0.25, 0.3) is 5.91 Å². The van der Waals surface area contributed by atoms with E-state index in [1.807, 2.05) is 18.7 Å². The Bertz CT molecular complexity index is 701. The molecule has 1 unspecified atom stereocenters. The van der Waals surface area contributed by atoms with Gasteiger partial charge in [-0.25, -0.2) is 0 Å². The second-order valence-electron chi connectivity index (χ2n) is 7.80. The molecule has 168 valence electrons. The Morgan fingerprint density at radius 1 is 1.20 bits per heavy atom. The average molecular weight is 423 g/mol. The summed E-state index contributed by atoms with van der Waals surface area (Å²) in [5.74, 6) is 0.235. The second kappa shape index (κ2) is 11.8. The number of benzene rings is 1. The minimum Gasteiger partial charge on any atom is -0.493 e. The highest BCUT2D eigenvalue weighted by Gasteiger charge is 2.31. The maximum atomic E-state index is 13.4. The maximum Gasteiger partial charge on any atom is 0.304 e. The molecule has 1 amide bonds. The zero-order chi connectivity index (χ0) is 22.1.